The van der Waals surface area contributed by atoms with Crippen LogP contribution in [0.15, 0.2) is 11.2 Å². The summed E-state index contributed by atoms with van der Waals surface area (Å²) in [5.74, 6) is -0.301. The third kappa shape index (κ3) is 4.55. The second-order valence-electron chi connectivity index (χ2n) is 4.09. The number of rotatable bonds is 7. The van der Waals surface area contributed by atoms with Crippen LogP contribution in [0.4, 0.5) is 0 Å². The van der Waals surface area contributed by atoms with Crippen LogP contribution in [0.5, 0.6) is 0 Å². The number of hydrogen-bond donors (Lipinski definition) is 1. The highest BCUT2D eigenvalue weighted by atomic mass is 32.1. The fourth-order valence-electron chi connectivity index (χ4n) is 1.82. The van der Waals surface area contributed by atoms with Crippen LogP contribution < -0.4 is 5.32 Å². The van der Waals surface area contributed by atoms with E-state index in [2.05, 4.69) is 15.3 Å². The number of hydrogen-bond acceptors (Lipinski definition) is 5. The summed E-state index contributed by atoms with van der Waals surface area (Å²) in [6, 6.07) is 1.54. The molecule has 1 heterocycles. The molecule has 0 aliphatic heterocycles. The van der Waals surface area contributed by atoms with Crippen LogP contribution >= 0.6 is 11.3 Å². The normalized spacial score (nSPS) is 11.7. The molecule has 0 saturated carbocycles. The van der Waals surface area contributed by atoms with Crippen molar-refractivity contribution < 1.29 is 9.53 Å². The van der Waals surface area contributed by atoms with Crippen molar-refractivity contribution in [3.63, 3.8) is 0 Å². The molecule has 7 heteroatoms. The smallest absolute Gasteiger partial charge is 0.327 e. The third-order valence-electron chi connectivity index (χ3n) is 2.67. The van der Waals surface area contributed by atoms with E-state index in [4.69, 9.17) is 10.3 Å². The Morgan fingerprint density at radius 3 is 2.89 bits per heavy atom. The Hall–Kier alpha value is -1.56. The Morgan fingerprint density at radius 2 is 2.37 bits per heavy atom. The third-order valence-corrected chi connectivity index (χ3v) is 3.66. The van der Waals surface area contributed by atoms with Gasteiger partial charge in [-0.3, -0.25) is 0 Å². The number of azide groups is 1. The van der Waals surface area contributed by atoms with Crippen molar-refractivity contribution >= 4 is 17.3 Å². The first-order valence-electron chi connectivity index (χ1n) is 5.99. The Bertz CT molecular complexity index is 480. The first-order chi connectivity index (χ1) is 9.10. The highest BCUT2D eigenvalue weighted by Crippen LogP contribution is 2.27. The maximum Gasteiger partial charge on any atom is 0.327 e. The molecule has 0 aliphatic rings. The minimum Gasteiger partial charge on any atom is -0.468 e. The first-order valence-corrected chi connectivity index (χ1v) is 6.80. The monoisotopic (exact) mass is 282 g/mol. The zero-order valence-electron chi connectivity index (χ0n) is 11.3. The van der Waals surface area contributed by atoms with Gasteiger partial charge in [-0.25, -0.2) is 4.79 Å². The van der Waals surface area contributed by atoms with Crippen LogP contribution in [0.1, 0.15) is 27.8 Å². The van der Waals surface area contributed by atoms with E-state index in [0.29, 0.717) is 19.5 Å². The topological polar surface area (TPSA) is 87.1 Å². The summed E-state index contributed by atoms with van der Waals surface area (Å²) in [5, 5.41) is 6.60. The van der Waals surface area contributed by atoms with Crippen LogP contribution in [0.3, 0.4) is 0 Å². The Balaban J connectivity index is 2.70. The van der Waals surface area contributed by atoms with Crippen molar-refractivity contribution in [3.8, 4) is 0 Å². The molecule has 1 rings (SSSR count). The number of thiophene rings is 1. The molecule has 0 amide bonds. The Labute approximate surface area is 116 Å². The van der Waals surface area contributed by atoms with E-state index in [0.717, 1.165) is 15.3 Å². The SMILES string of the molecule is COC(=O)C(NCCCN=[N+]=[N-])c1cc(C)sc1C. The molecule has 0 radical (unpaired) electrons. The highest BCUT2D eigenvalue weighted by Gasteiger charge is 2.23. The summed E-state index contributed by atoms with van der Waals surface area (Å²) >= 11 is 1.66. The molecule has 0 aromatic carbocycles. The van der Waals surface area contributed by atoms with E-state index in [-0.39, 0.29) is 5.97 Å². The highest BCUT2D eigenvalue weighted by molar-refractivity contribution is 7.12. The fourth-order valence-corrected chi connectivity index (χ4v) is 2.78. The molecule has 0 saturated heterocycles. The molecule has 0 spiro atoms. The summed E-state index contributed by atoms with van der Waals surface area (Å²) in [5.41, 5.74) is 9.14. The van der Waals surface area contributed by atoms with Crippen LogP contribution in [0, 0.1) is 13.8 Å². The van der Waals surface area contributed by atoms with Crippen LogP contribution in [-0.4, -0.2) is 26.2 Å². The van der Waals surface area contributed by atoms with Gasteiger partial charge >= 0.3 is 5.97 Å². The summed E-state index contributed by atoms with van der Waals surface area (Å²) in [6.07, 6.45) is 0.680. The lowest BCUT2D eigenvalue weighted by atomic mass is 10.1. The molecule has 1 atom stereocenters. The quantitative estimate of drug-likeness (QED) is 0.274. The number of nitrogens with zero attached hydrogens (tertiary/aromatic N) is 3. The molecular weight excluding hydrogens is 264 g/mol. The largest absolute Gasteiger partial charge is 0.468 e. The number of esters is 1. The van der Waals surface area contributed by atoms with Gasteiger partial charge in [-0.1, -0.05) is 5.11 Å². The van der Waals surface area contributed by atoms with Gasteiger partial charge in [0.2, 0.25) is 0 Å². The van der Waals surface area contributed by atoms with Gasteiger partial charge in [0, 0.05) is 21.2 Å². The van der Waals surface area contributed by atoms with E-state index in [1.165, 1.54) is 7.11 Å². The van der Waals surface area contributed by atoms with E-state index < -0.39 is 6.04 Å². The van der Waals surface area contributed by atoms with Gasteiger partial charge in [-0.15, -0.1) is 11.3 Å². The summed E-state index contributed by atoms with van der Waals surface area (Å²) in [7, 11) is 1.38. The zero-order chi connectivity index (χ0) is 14.3. The minimum atomic E-state index is -0.457. The molecule has 1 unspecified atom stereocenters. The minimum absolute atomic E-state index is 0.301. The molecule has 104 valence electrons. The number of methoxy groups -OCH3 is 1. The summed E-state index contributed by atoms with van der Waals surface area (Å²) in [6.45, 7) is 5.01. The Morgan fingerprint density at radius 1 is 1.63 bits per heavy atom. The number of carbonyl (C=O) groups is 1. The molecule has 0 bridgehead atoms. The van der Waals surface area contributed by atoms with Crippen molar-refractivity contribution in [3.05, 3.63) is 31.8 Å². The second kappa shape index (κ2) is 7.78. The van der Waals surface area contributed by atoms with E-state index in [1.807, 2.05) is 19.9 Å². The molecule has 0 fully saturated rings. The maximum absolute atomic E-state index is 11.8. The van der Waals surface area contributed by atoms with Crippen molar-refractivity contribution in [2.75, 3.05) is 20.2 Å². The van der Waals surface area contributed by atoms with Gasteiger partial charge in [0.15, 0.2) is 0 Å². The number of aryl methyl sites for hydroxylation is 2. The molecule has 19 heavy (non-hydrogen) atoms. The second-order valence-corrected chi connectivity index (χ2v) is 5.55. The number of ether oxygens (including phenoxy) is 1. The van der Waals surface area contributed by atoms with Crippen molar-refractivity contribution in [2.45, 2.75) is 26.3 Å². The van der Waals surface area contributed by atoms with Crippen LogP contribution in [0.25, 0.3) is 10.4 Å². The molecule has 1 aromatic rings. The van der Waals surface area contributed by atoms with Gasteiger partial charge < -0.3 is 10.1 Å². The van der Waals surface area contributed by atoms with Gasteiger partial charge in [0.1, 0.15) is 6.04 Å². The molecular formula is C12H18N4O2S. The molecule has 1 aromatic heterocycles. The van der Waals surface area contributed by atoms with Gasteiger partial charge in [-0.2, -0.15) is 0 Å². The standard InChI is InChI=1S/C12H18N4O2S/c1-8-7-10(9(2)19-8)11(12(17)18-3)14-5-4-6-15-16-13/h7,11,14H,4-6H2,1-3H3. The average molecular weight is 282 g/mol. The molecule has 0 aliphatic carbocycles. The number of carbonyl (C=O) groups excluding carboxylic acids is 1. The van der Waals surface area contributed by atoms with Crippen LogP contribution in [-0.2, 0) is 9.53 Å². The van der Waals surface area contributed by atoms with E-state index in [9.17, 15) is 4.79 Å². The number of nitrogens with one attached hydrogen (secondary N) is 1. The predicted molar refractivity (Wildman–Crippen MR) is 75.2 cm³/mol. The van der Waals surface area contributed by atoms with E-state index in [1.54, 1.807) is 11.3 Å². The maximum atomic E-state index is 11.8. The van der Waals surface area contributed by atoms with Crippen molar-refractivity contribution in [2.24, 2.45) is 5.11 Å². The molecule has 6 nitrogen and oxygen atoms in total. The first kappa shape index (κ1) is 15.5. The predicted octanol–water partition coefficient (Wildman–Crippen LogP) is 2.87. The average Bonchev–Trinajstić information content (AvgIpc) is 2.72. The summed E-state index contributed by atoms with van der Waals surface area (Å²) in [4.78, 5) is 16.8. The van der Waals surface area contributed by atoms with Gasteiger partial charge in [0.25, 0.3) is 0 Å². The van der Waals surface area contributed by atoms with Gasteiger partial charge in [0.05, 0.1) is 7.11 Å². The Kier molecular flexibility index (Phi) is 6.35. The van der Waals surface area contributed by atoms with Gasteiger partial charge in [-0.05, 0) is 44.0 Å². The lowest BCUT2D eigenvalue weighted by molar-refractivity contribution is -0.143. The lowest BCUT2D eigenvalue weighted by Gasteiger charge is -2.16. The summed E-state index contributed by atoms with van der Waals surface area (Å²) < 4.78 is 4.83. The van der Waals surface area contributed by atoms with Crippen molar-refractivity contribution in [1.29, 1.82) is 0 Å². The fraction of sp³-hybridized carbons (Fsp3) is 0.583. The van der Waals surface area contributed by atoms with Crippen molar-refractivity contribution in [1.82, 2.24) is 5.32 Å². The van der Waals surface area contributed by atoms with E-state index >= 15 is 0 Å². The lowest BCUT2D eigenvalue weighted by Crippen LogP contribution is -2.30. The van der Waals surface area contributed by atoms with Crippen LogP contribution in [0.2, 0.25) is 0 Å². The zero-order valence-corrected chi connectivity index (χ0v) is 12.2. The molecule has 1 N–H and O–H groups in total.